The van der Waals surface area contributed by atoms with Gasteiger partial charge in [-0.05, 0) is 20.3 Å². The van der Waals surface area contributed by atoms with E-state index in [0.717, 1.165) is 6.42 Å². The number of carbonyl (C=O) groups is 1. The predicted octanol–water partition coefficient (Wildman–Crippen LogP) is 0.165. The van der Waals surface area contributed by atoms with Crippen LogP contribution >= 0.6 is 0 Å². The van der Waals surface area contributed by atoms with Gasteiger partial charge in [0.05, 0.1) is 6.20 Å². The summed E-state index contributed by atoms with van der Waals surface area (Å²) in [6, 6.07) is 0. The summed E-state index contributed by atoms with van der Waals surface area (Å²) >= 11 is 0. The minimum Gasteiger partial charge on any atom is -0.381 e. The highest BCUT2D eigenvalue weighted by Gasteiger charge is 2.17. The van der Waals surface area contributed by atoms with Crippen LogP contribution in [0.2, 0.25) is 0 Å². The Morgan fingerprint density at radius 3 is 2.80 bits per heavy atom. The van der Waals surface area contributed by atoms with Gasteiger partial charge in [-0.3, -0.25) is 4.79 Å². The molecular weight excluding hydrogens is 194 g/mol. The first-order chi connectivity index (χ1) is 6.93. The maximum absolute atomic E-state index is 11.6. The number of amides is 1. The maximum Gasteiger partial charge on any atom is 0.242 e. The average molecular weight is 211 g/mol. The van der Waals surface area contributed by atoms with Gasteiger partial charge in [0, 0.05) is 5.54 Å². The molecule has 1 heterocycles. The topological polar surface area (TPSA) is 85.8 Å². The van der Waals surface area contributed by atoms with Crippen LogP contribution in [0.15, 0.2) is 6.20 Å². The van der Waals surface area contributed by atoms with Crippen LogP contribution in [0.25, 0.3) is 0 Å². The molecule has 84 valence electrons. The summed E-state index contributed by atoms with van der Waals surface area (Å²) in [6.07, 6.45) is 2.40. The molecule has 0 aliphatic rings. The summed E-state index contributed by atoms with van der Waals surface area (Å²) in [4.78, 5) is 11.6. The molecule has 1 aromatic heterocycles. The molecule has 0 atom stereocenters. The van der Waals surface area contributed by atoms with Crippen molar-refractivity contribution in [1.29, 1.82) is 0 Å². The number of hydrogen-bond acceptors (Lipinski definition) is 4. The molecule has 0 saturated heterocycles. The van der Waals surface area contributed by atoms with Crippen molar-refractivity contribution < 1.29 is 4.79 Å². The van der Waals surface area contributed by atoms with Crippen LogP contribution < -0.4 is 11.1 Å². The van der Waals surface area contributed by atoms with Crippen molar-refractivity contribution in [2.75, 3.05) is 5.73 Å². The van der Waals surface area contributed by atoms with Crippen LogP contribution in [0.5, 0.6) is 0 Å². The van der Waals surface area contributed by atoms with E-state index < -0.39 is 0 Å². The van der Waals surface area contributed by atoms with Gasteiger partial charge in [-0.2, -0.15) is 0 Å². The SMILES string of the molecule is CCC(C)(C)NC(=O)Cn1cc(N)nn1. The quantitative estimate of drug-likeness (QED) is 0.743. The highest BCUT2D eigenvalue weighted by atomic mass is 16.2. The number of nitrogens with one attached hydrogen (secondary N) is 1. The van der Waals surface area contributed by atoms with Gasteiger partial charge in [-0.15, -0.1) is 5.10 Å². The minimum absolute atomic E-state index is 0.0910. The fraction of sp³-hybridized carbons (Fsp3) is 0.667. The number of rotatable bonds is 4. The smallest absolute Gasteiger partial charge is 0.242 e. The zero-order valence-corrected chi connectivity index (χ0v) is 9.32. The van der Waals surface area contributed by atoms with Gasteiger partial charge in [0.15, 0.2) is 5.82 Å². The van der Waals surface area contributed by atoms with Crippen LogP contribution in [0.1, 0.15) is 27.2 Å². The monoisotopic (exact) mass is 211 g/mol. The lowest BCUT2D eigenvalue weighted by molar-refractivity contribution is -0.123. The molecule has 15 heavy (non-hydrogen) atoms. The van der Waals surface area contributed by atoms with E-state index in [1.807, 2.05) is 20.8 Å². The molecule has 0 fully saturated rings. The largest absolute Gasteiger partial charge is 0.381 e. The molecule has 3 N–H and O–H groups in total. The molecule has 6 nitrogen and oxygen atoms in total. The molecule has 1 rings (SSSR count). The van der Waals surface area contributed by atoms with E-state index in [1.165, 1.54) is 10.9 Å². The lowest BCUT2D eigenvalue weighted by Gasteiger charge is -2.24. The van der Waals surface area contributed by atoms with Gasteiger partial charge in [0.2, 0.25) is 5.91 Å². The van der Waals surface area contributed by atoms with Gasteiger partial charge in [-0.1, -0.05) is 12.1 Å². The first kappa shape index (κ1) is 11.5. The van der Waals surface area contributed by atoms with Gasteiger partial charge < -0.3 is 11.1 Å². The first-order valence-electron chi connectivity index (χ1n) is 4.89. The van der Waals surface area contributed by atoms with Crippen LogP contribution in [-0.2, 0) is 11.3 Å². The number of aromatic nitrogens is 3. The van der Waals surface area contributed by atoms with Crippen molar-refractivity contribution in [3.63, 3.8) is 0 Å². The van der Waals surface area contributed by atoms with E-state index in [4.69, 9.17) is 5.73 Å². The van der Waals surface area contributed by atoms with Crippen molar-refractivity contribution in [2.45, 2.75) is 39.3 Å². The Morgan fingerprint density at radius 2 is 2.33 bits per heavy atom. The predicted molar refractivity (Wildman–Crippen MR) is 56.9 cm³/mol. The summed E-state index contributed by atoms with van der Waals surface area (Å²) in [5, 5.41) is 10.2. The highest BCUT2D eigenvalue weighted by molar-refractivity contribution is 5.76. The van der Waals surface area contributed by atoms with Crippen LogP contribution in [0.4, 0.5) is 5.82 Å². The van der Waals surface area contributed by atoms with Crippen molar-refractivity contribution in [1.82, 2.24) is 20.3 Å². The third kappa shape index (κ3) is 3.57. The molecule has 1 amide bonds. The number of nitrogen functional groups attached to an aromatic ring is 1. The number of anilines is 1. The summed E-state index contributed by atoms with van der Waals surface area (Å²) < 4.78 is 1.41. The fourth-order valence-electron chi connectivity index (χ4n) is 1.04. The van der Waals surface area contributed by atoms with E-state index in [-0.39, 0.29) is 18.0 Å². The van der Waals surface area contributed by atoms with Crippen LogP contribution in [0.3, 0.4) is 0 Å². The molecule has 0 radical (unpaired) electrons. The molecule has 6 heteroatoms. The number of nitrogens with zero attached hydrogens (tertiary/aromatic N) is 3. The minimum atomic E-state index is -0.191. The summed E-state index contributed by atoms with van der Waals surface area (Å²) in [5.41, 5.74) is 5.19. The van der Waals surface area contributed by atoms with Crippen LogP contribution in [-0.4, -0.2) is 26.4 Å². The third-order valence-corrected chi connectivity index (χ3v) is 2.22. The molecule has 0 unspecified atom stereocenters. The zero-order chi connectivity index (χ0) is 11.5. The molecule has 0 aliphatic carbocycles. The number of carbonyl (C=O) groups excluding carboxylic acids is 1. The molecule has 1 aromatic rings. The number of hydrogen-bond donors (Lipinski definition) is 2. The van der Waals surface area contributed by atoms with E-state index in [9.17, 15) is 4.79 Å². The Kier molecular flexibility index (Phi) is 3.28. The lowest BCUT2D eigenvalue weighted by atomic mass is 10.0. The molecule has 0 spiro atoms. The van der Waals surface area contributed by atoms with Gasteiger partial charge >= 0.3 is 0 Å². The van der Waals surface area contributed by atoms with Crippen molar-refractivity contribution in [3.8, 4) is 0 Å². The summed E-state index contributed by atoms with van der Waals surface area (Å²) in [7, 11) is 0. The normalized spacial score (nSPS) is 11.4. The van der Waals surface area contributed by atoms with Gasteiger partial charge in [-0.25, -0.2) is 4.68 Å². The van der Waals surface area contributed by atoms with E-state index in [0.29, 0.717) is 5.82 Å². The Labute approximate surface area is 88.8 Å². The first-order valence-corrected chi connectivity index (χ1v) is 4.89. The third-order valence-electron chi connectivity index (χ3n) is 2.22. The van der Waals surface area contributed by atoms with E-state index >= 15 is 0 Å². The Hall–Kier alpha value is -1.59. The van der Waals surface area contributed by atoms with Crippen molar-refractivity contribution in [2.24, 2.45) is 0 Å². The van der Waals surface area contributed by atoms with Crippen molar-refractivity contribution in [3.05, 3.63) is 6.20 Å². The fourth-order valence-corrected chi connectivity index (χ4v) is 1.04. The molecule has 0 aliphatic heterocycles. The van der Waals surface area contributed by atoms with Gasteiger partial charge in [0.1, 0.15) is 6.54 Å². The highest BCUT2D eigenvalue weighted by Crippen LogP contribution is 2.06. The zero-order valence-electron chi connectivity index (χ0n) is 9.32. The number of nitrogens with two attached hydrogens (primary N) is 1. The Morgan fingerprint density at radius 1 is 1.67 bits per heavy atom. The summed E-state index contributed by atoms with van der Waals surface area (Å²) in [5.74, 6) is 0.226. The van der Waals surface area contributed by atoms with E-state index in [2.05, 4.69) is 15.6 Å². The Balaban J connectivity index is 2.50. The molecule has 0 saturated carbocycles. The van der Waals surface area contributed by atoms with E-state index in [1.54, 1.807) is 0 Å². The van der Waals surface area contributed by atoms with Gasteiger partial charge in [0.25, 0.3) is 0 Å². The van der Waals surface area contributed by atoms with Crippen molar-refractivity contribution >= 4 is 11.7 Å². The second-order valence-corrected chi connectivity index (χ2v) is 4.13. The summed E-state index contributed by atoms with van der Waals surface area (Å²) in [6.45, 7) is 6.11. The Bertz CT molecular complexity index is 344. The lowest BCUT2D eigenvalue weighted by Crippen LogP contribution is -2.44. The standard InChI is InChI=1S/C9H17N5O/c1-4-9(2,3)11-8(15)6-14-5-7(10)12-13-14/h5H,4,6,10H2,1-3H3,(H,11,15). The second-order valence-electron chi connectivity index (χ2n) is 4.13. The molecule has 0 bridgehead atoms. The van der Waals surface area contributed by atoms with Crippen LogP contribution in [0, 0.1) is 0 Å². The molecular formula is C9H17N5O. The maximum atomic E-state index is 11.6. The average Bonchev–Trinajstić information content (AvgIpc) is 2.50. The second kappa shape index (κ2) is 4.29. The molecule has 0 aromatic carbocycles.